The van der Waals surface area contributed by atoms with E-state index in [4.69, 9.17) is 0 Å². The van der Waals surface area contributed by atoms with Gasteiger partial charge in [-0.2, -0.15) is 0 Å². The molecule has 2 nitrogen and oxygen atoms in total. The second kappa shape index (κ2) is 4.28. The number of rotatable bonds is 2. The van der Waals surface area contributed by atoms with Gasteiger partial charge in [-0.15, -0.1) is 0 Å². The van der Waals surface area contributed by atoms with Gasteiger partial charge in [0.15, 0.2) is 0 Å². The third-order valence-electron chi connectivity index (χ3n) is 3.47. The van der Waals surface area contributed by atoms with Gasteiger partial charge in [0.25, 0.3) is 0 Å². The minimum absolute atomic E-state index is 0.329. The summed E-state index contributed by atoms with van der Waals surface area (Å²) in [5, 5.41) is 0. The topological polar surface area (TPSA) is 20.3 Å². The zero-order chi connectivity index (χ0) is 11.7. The second-order valence-electron chi connectivity index (χ2n) is 4.94. The summed E-state index contributed by atoms with van der Waals surface area (Å²) in [7, 11) is 0. The van der Waals surface area contributed by atoms with Crippen molar-refractivity contribution in [1.29, 1.82) is 0 Å². The van der Waals surface area contributed by atoms with E-state index in [1.807, 2.05) is 4.90 Å². The van der Waals surface area contributed by atoms with Crippen molar-refractivity contribution in [1.82, 2.24) is 0 Å². The van der Waals surface area contributed by atoms with Crippen LogP contribution in [-0.4, -0.2) is 12.5 Å². The minimum Gasteiger partial charge on any atom is -0.312 e. The summed E-state index contributed by atoms with van der Waals surface area (Å²) in [6.45, 7) is 6.50. The Hall–Kier alpha value is -1.31. The molecule has 2 heteroatoms. The van der Waals surface area contributed by atoms with Crippen molar-refractivity contribution in [3.05, 3.63) is 29.3 Å². The molecule has 1 aliphatic rings. The van der Waals surface area contributed by atoms with Crippen molar-refractivity contribution >= 4 is 12.1 Å². The Balaban J connectivity index is 2.42. The summed E-state index contributed by atoms with van der Waals surface area (Å²) in [4.78, 5) is 12.9. The fourth-order valence-electron chi connectivity index (χ4n) is 2.32. The van der Waals surface area contributed by atoms with Crippen molar-refractivity contribution in [2.24, 2.45) is 0 Å². The molecule has 86 valence electrons. The third-order valence-corrected chi connectivity index (χ3v) is 3.47. The molecule has 1 heterocycles. The van der Waals surface area contributed by atoms with E-state index in [1.165, 1.54) is 11.1 Å². The smallest absolute Gasteiger partial charge is 0.214 e. The molecule has 0 saturated heterocycles. The van der Waals surface area contributed by atoms with E-state index in [-0.39, 0.29) is 0 Å². The summed E-state index contributed by atoms with van der Waals surface area (Å²) < 4.78 is 0. The molecule has 0 spiro atoms. The number of hydrogen-bond donors (Lipinski definition) is 0. The van der Waals surface area contributed by atoms with Gasteiger partial charge >= 0.3 is 0 Å². The summed E-state index contributed by atoms with van der Waals surface area (Å²) in [6.07, 6.45) is 3.10. The predicted molar refractivity (Wildman–Crippen MR) is 66.9 cm³/mol. The van der Waals surface area contributed by atoms with Crippen LogP contribution in [0.2, 0.25) is 0 Å². The molecule has 0 saturated carbocycles. The van der Waals surface area contributed by atoms with Gasteiger partial charge in [0.1, 0.15) is 0 Å². The van der Waals surface area contributed by atoms with Gasteiger partial charge in [-0.05, 0) is 42.9 Å². The lowest BCUT2D eigenvalue weighted by atomic mass is 9.92. The molecule has 0 aromatic heterocycles. The van der Waals surface area contributed by atoms with Gasteiger partial charge < -0.3 is 4.90 Å². The monoisotopic (exact) mass is 217 g/mol. The Morgan fingerprint density at radius 3 is 2.81 bits per heavy atom. The average Bonchev–Trinajstić information content (AvgIpc) is 2.28. The quantitative estimate of drug-likeness (QED) is 0.697. The average molecular weight is 217 g/mol. The van der Waals surface area contributed by atoms with Crippen molar-refractivity contribution in [2.75, 3.05) is 4.90 Å². The molecule has 1 aromatic rings. The number of anilines is 1. The lowest BCUT2D eigenvalue weighted by Crippen LogP contribution is -2.36. The van der Waals surface area contributed by atoms with Crippen molar-refractivity contribution in [2.45, 2.75) is 45.6 Å². The Bertz CT molecular complexity index is 398. The molecule has 1 aromatic carbocycles. The Morgan fingerprint density at radius 1 is 1.44 bits per heavy atom. The Labute approximate surface area is 97.3 Å². The molecule has 0 radical (unpaired) electrons. The normalized spacial score (nSPS) is 19.8. The summed E-state index contributed by atoms with van der Waals surface area (Å²) >= 11 is 0. The molecule has 1 aliphatic heterocycles. The first-order valence-corrected chi connectivity index (χ1v) is 6.00. The summed E-state index contributed by atoms with van der Waals surface area (Å²) in [6, 6.07) is 6.81. The fourth-order valence-corrected chi connectivity index (χ4v) is 2.32. The van der Waals surface area contributed by atoms with Crippen molar-refractivity contribution in [3.63, 3.8) is 0 Å². The first-order chi connectivity index (χ1) is 7.63. The molecule has 1 amide bonds. The first kappa shape index (κ1) is 11.2. The van der Waals surface area contributed by atoms with E-state index in [0.717, 1.165) is 24.9 Å². The van der Waals surface area contributed by atoms with Crippen molar-refractivity contribution < 1.29 is 4.79 Å². The highest BCUT2D eigenvalue weighted by atomic mass is 16.1. The van der Waals surface area contributed by atoms with Gasteiger partial charge in [0, 0.05) is 11.7 Å². The van der Waals surface area contributed by atoms with E-state index in [2.05, 4.69) is 39.0 Å². The first-order valence-electron chi connectivity index (χ1n) is 6.00. The molecule has 16 heavy (non-hydrogen) atoms. The lowest BCUT2D eigenvalue weighted by molar-refractivity contribution is -0.107. The van der Waals surface area contributed by atoms with Gasteiger partial charge in [-0.1, -0.05) is 26.0 Å². The van der Waals surface area contributed by atoms with Crippen LogP contribution in [0.3, 0.4) is 0 Å². The number of aryl methyl sites for hydroxylation is 1. The zero-order valence-corrected chi connectivity index (χ0v) is 10.2. The lowest BCUT2D eigenvalue weighted by Gasteiger charge is -2.32. The van der Waals surface area contributed by atoms with Crippen LogP contribution in [-0.2, 0) is 11.2 Å². The van der Waals surface area contributed by atoms with Crippen LogP contribution in [0.1, 0.15) is 44.2 Å². The van der Waals surface area contributed by atoms with Crippen LogP contribution in [0, 0.1) is 0 Å². The maximum absolute atomic E-state index is 11.1. The Morgan fingerprint density at radius 2 is 2.19 bits per heavy atom. The van der Waals surface area contributed by atoms with Crippen LogP contribution in [0.5, 0.6) is 0 Å². The molecule has 0 bridgehead atoms. The largest absolute Gasteiger partial charge is 0.312 e. The zero-order valence-electron chi connectivity index (χ0n) is 10.2. The number of nitrogens with zero attached hydrogens (tertiary/aromatic N) is 1. The molecule has 2 rings (SSSR count). The molecular formula is C14H19NO. The highest BCUT2D eigenvalue weighted by molar-refractivity contribution is 5.79. The van der Waals surface area contributed by atoms with Crippen LogP contribution < -0.4 is 4.90 Å². The van der Waals surface area contributed by atoms with Crippen LogP contribution in [0.15, 0.2) is 18.2 Å². The predicted octanol–water partition coefficient (Wildman–Crippen LogP) is 3.11. The van der Waals surface area contributed by atoms with E-state index >= 15 is 0 Å². The molecule has 0 fully saturated rings. The minimum atomic E-state index is 0.329. The number of carbonyl (C=O) groups is 1. The summed E-state index contributed by atoms with van der Waals surface area (Å²) in [5.41, 5.74) is 3.77. The molecule has 1 atom stereocenters. The Kier molecular flexibility index (Phi) is 2.99. The van der Waals surface area contributed by atoms with Gasteiger partial charge in [0.05, 0.1) is 0 Å². The number of benzene rings is 1. The molecule has 0 aliphatic carbocycles. The number of carbonyl (C=O) groups excluding carboxylic acids is 1. The van der Waals surface area contributed by atoms with Gasteiger partial charge in [-0.3, -0.25) is 4.79 Å². The number of fused-ring (bicyclic) bond motifs is 1. The molecular weight excluding hydrogens is 198 g/mol. The number of amides is 1. The van der Waals surface area contributed by atoms with E-state index in [1.54, 1.807) is 0 Å². The van der Waals surface area contributed by atoms with Crippen LogP contribution in [0.4, 0.5) is 5.69 Å². The van der Waals surface area contributed by atoms with Crippen LogP contribution >= 0.6 is 0 Å². The third kappa shape index (κ3) is 1.84. The maximum atomic E-state index is 11.1. The standard InChI is InChI=1S/C14H19NO/c1-10(2)12-6-7-14-13(8-12)5-4-11(3)15(14)9-16/h6-11H,4-5H2,1-3H3. The highest BCUT2D eigenvalue weighted by Crippen LogP contribution is 2.31. The van der Waals surface area contributed by atoms with E-state index < -0.39 is 0 Å². The van der Waals surface area contributed by atoms with Gasteiger partial charge in [0.2, 0.25) is 6.41 Å². The van der Waals surface area contributed by atoms with E-state index in [0.29, 0.717) is 12.0 Å². The SMILES string of the molecule is CC(C)c1ccc2c(c1)CCC(C)N2C=O. The number of hydrogen-bond acceptors (Lipinski definition) is 1. The maximum Gasteiger partial charge on any atom is 0.214 e. The summed E-state index contributed by atoms with van der Waals surface area (Å²) in [5.74, 6) is 0.550. The van der Waals surface area contributed by atoms with E-state index in [9.17, 15) is 4.79 Å². The van der Waals surface area contributed by atoms with Gasteiger partial charge in [-0.25, -0.2) is 0 Å². The van der Waals surface area contributed by atoms with Crippen LogP contribution in [0.25, 0.3) is 0 Å². The highest BCUT2D eigenvalue weighted by Gasteiger charge is 2.22. The molecule has 0 N–H and O–H groups in total. The van der Waals surface area contributed by atoms with Crippen molar-refractivity contribution in [3.8, 4) is 0 Å². The fraction of sp³-hybridized carbons (Fsp3) is 0.500. The molecule has 1 unspecified atom stereocenters. The second-order valence-corrected chi connectivity index (χ2v) is 4.94.